The van der Waals surface area contributed by atoms with E-state index in [-0.39, 0.29) is 11.8 Å². The topological polar surface area (TPSA) is 56.0 Å². The molecule has 14 heavy (non-hydrogen) atoms. The zero-order chi connectivity index (χ0) is 10.6. The lowest BCUT2D eigenvalue weighted by molar-refractivity contribution is -0.119. The van der Waals surface area contributed by atoms with Crippen LogP contribution < -0.4 is 5.73 Å². The van der Waals surface area contributed by atoms with Gasteiger partial charge in [0.1, 0.15) is 0 Å². The molecule has 0 fully saturated rings. The number of rotatable bonds is 5. The summed E-state index contributed by atoms with van der Waals surface area (Å²) in [5.41, 5.74) is 6.56. The third-order valence-electron chi connectivity index (χ3n) is 2.04. The SMILES string of the molecule is CCCC(N)C(=O)Cc1csc(C)n1. The van der Waals surface area contributed by atoms with E-state index in [9.17, 15) is 4.79 Å². The average Bonchev–Trinajstić information content (AvgIpc) is 2.51. The summed E-state index contributed by atoms with van der Waals surface area (Å²) in [6.45, 7) is 3.96. The Labute approximate surface area is 88.3 Å². The van der Waals surface area contributed by atoms with Crippen molar-refractivity contribution in [1.29, 1.82) is 0 Å². The van der Waals surface area contributed by atoms with Gasteiger partial charge in [0.15, 0.2) is 5.78 Å². The van der Waals surface area contributed by atoms with Gasteiger partial charge in [-0.2, -0.15) is 0 Å². The van der Waals surface area contributed by atoms with Crippen LogP contribution >= 0.6 is 11.3 Å². The first kappa shape index (κ1) is 11.3. The fraction of sp³-hybridized carbons (Fsp3) is 0.600. The van der Waals surface area contributed by atoms with Gasteiger partial charge in [-0.15, -0.1) is 11.3 Å². The minimum absolute atomic E-state index is 0.0946. The van der Waals surface area contributed by atoms with Crippen molar-refractivity contribution >= 4 is 17.1 Å². The lowest BCUT2D eigenvalue weighted by Crippen LogP contribution is -2.31. The number of aryl methyl sites for hydroxylation is 1. The van der Waals surface area contributed by atoms with E-state index in [1.807, 2.05) is 19.2 Å². The molecule has 1 unspecified atom stereocenters. The van der Waals surface area contributed by atoms with E-state index < -0.39 is 0 Å². The summed E-state index contributed by atoms with van der Waals surface area (Å²) in [7, 11) is 0. The van der Waals surface area contributed by atoms with Gasteiger partial charge in [-0.05, 0) is 13.3 Å². The van der Waals surface area contributed by atoms with Crippen LogP contribution in [0.3, 0.4) is 0 Å². The van der Waals surface area contributed by atoms with Crippen LogP contribution in [0, 0.1) is 6.92 Å². The second-order valence-electron chi connectivity index (χ2n) is 3.40. The average molecular weight is 212 g/mol. The van der Waals surface area contributed by atoms with Crippen molar-refractivity contribution in [3.05, 3.63) is 16.1 Å². The molecule has 0 aliphatic carbocycles. The fourth-order valence-corrected chi connectivity index (χ4v) is 1.88. The van der Waals surface area contributed by atoms with Crippen molar-refractivity contribution < 1.29 is 4.79 Å². The first-order valence-electron chi connectivity index (χ1n) is 4.82. The van der Waals surface area contributed by atoms with E-state index in [4.69, 9.17) is 5.73 Å². The molecule has 0 aromatic carbocycles. The number of carbonyl (C=O) groups excluding carboxylic acids is 1. The first-order valence-corrected chi connectivity index (χ1v) is 5.70. The summed E-state index contributed by atoms with van der Waals surface area (Å²) in [5, 5.41) is 2.92. The normalized spacial score (nSPS) is 12.8. The molecule has 0 aliphatic heterocycles. The van der Waals surface area contributed by atoms with Crippen molar-refractivity contribution in [3.63, 3.8) is 0 Å². The van der Waals surface area contributed by atoms with Crippen LogP contribution in [0.4, 0.5) is 0 Å². The van der Waals surface area contributed by atoms with Gasteiger partial charge in [-0.3, -0.25) is 4.79 Å². The minimum Gasteiger partial charge on any atom is -0.321 e. The van der Waals surface area contributed by atoms with Crippen LogP contribution in [0.1, 0.15) is 30.5 Å². The standard InChI is InChI=1S/C10H16N2OS/c1-3-4-9(11)10(13)5-8-6-14-7(2)12-8/h6,9H,3-5,11H2,1-2H3. The summed E-state index contributed by atoms with van der Waals surface area (Å²) in [4.78, 5) is 15.8. The van der Waals surface area contributed by atoms with E-state index in [0.29, 0.717) is 6.42 Å². The Balaban J connectivity index is 2.48. The first-order chi connectivity index (χ1) is 6.63. The quantitative estimate of drug-likeness (QED) is 0.808. The maximum atomic E-state index is 11.6. The number of ketones is 1. The molecule has 2 N–H and O–H groups in total. The van der Waals surface area contributed by atoms with Crippen LogP contribution in [0.25, 0.3) is 0 Å². The number of nitrogens with two attached hydrogens (primary N) is 1. The second-order valence-corrected chi connectivity index (χ2v) is 4.46. The Kier molecular flexibility index (Phi) is 4.22. The van der Waals surface area contributed by atoms with Crippen molar-refractivity contribution in [2.24, 2.45) is 5.73 Å². The molecule has 0 saturated carbocycles. The van der Waals surface area contributed by atoms with E-state index in [2.05, 4.69) is 4.98 Å². The molecule has 78 valence electrons. The Morgan fingerprint density at radius 3 is 2.93 bits per heavy atom. The summed E-state index contributed by atoms with van der Waals surface area (Å²) in [6, 6.07) is -0.318. The van der Waals surface area contributed by atoms with E-state index in [0.717, 1.165) is 23.5 Å². The Morgan fingerprint density at radius 2 is 2.43 bits per heavy atom. The molecule has 0 saturated heterocycles. The van der Waals surface area contributed by atoms with Crippen molar-refractivity contribution in [2.45, 2.75) is 39.2 Å². The van der Waals surface area contributed by atoms with Crippen molar-refractivity contribution in [2.75, 3.05) is 0 Å². The zero-order valence-corrected chi connectivity index (χ0v) is 9.43. The highest BCUT2D eigenvalue weighted by atomic mass is 32.1. The van der Waals surface area contributed by atoms with Gasteiger partial charge in [-0.25, -0.2) is 4.98 Å². The molecular weight excluding hydrogens is 196 g/mol. The van der Waals surface area contributed by atoms with Gasteiger partial charge in [0, 0.05) is 5.38 Å². The number of hydrogen-bond donors (Lipinski definition) is 1. The lowest BCUT2D eigenvalue weighted by atomic mass is 10.1. The number of aromatic nitrogens is 1. The lowest BCUT2D eigenvalue weighted by Gasteiger charge is -2.07. The van der Waals surface area contributed by atoms with Crippen molar-refractivity contribution in [1.82, 2.24) is 4.98 Å². The Morgan fingerprint density at radius 1 is 1.71 bits per heavy atom. The number of Topliss-reactive ketones (excluding diaryl/α,β-unsaturated/α-hetero) is 1. The highest BCUT2D eigenvalue weighted by Crippen LogP contribution is 2.09. The van der Waals surface area contributed by atoms with Crippen LogP contribution in [-0.2, 0) is 11.2 Å². The predicted octanol–water partition coefficient (Wildman–Crippen LogP) is 1.69. The molecule has 0 aliphatic rings. The largest absolute Gasteiger partial charge is 0.321 e. The molecular formula is C10H16N2OS. The van der Waals surface area contributed by atoms with Gasteiger partial charge in [0.25, 0.3) is 0 Å². The molecule has 0 radical (unpaired) electrons. The molecule has 1 rings (SSSR count). The monoisotopic (exact) mass is 212 g/mol. The van der Waals surface area contributed by atoms with Gasteiger partial charge in [0.05, 0.1) is 23.2 Å². The minimum atomic E-state index is -0.318. The van der Waals surface area contributed by atoms with E-state index in [1.54, 1.807) is 11.3 Å². The number of hydrogen-bond acceptors (Lipinski definition) is 4. The van der Waals surface area contributed by atoms with Gasteiger partial charge < -0.3 is 5.73 Å². The number of thiazole rings is 1. The summed E-state index contributed by atoms with van der Waals surface area (Å²) in [6.07, 6.45) is 2.09. The fourth-order valence-electron chi connectivity index (χ4n) is 1.27. The van der Waals surface area contributed by atoms with Gasteiger partial charge >= 0.3 is 0 Å². The maximum Gasteiger partial charge on any atom is 0.155 e. The van der Waals surface area contributed by atoms with Crippen LogP contribution in [0.5, 0.6) is 0 Å². The zero-order valence-electron chi connectivity index (χ0n) is 8.62. The number of carbonyl (C=O) groups is 1. The smallest absolute Gasteiger partial charge is 0.155 e. The molecule has 1 heterocycles. The summed E-state index contributed by atoms with van der Waals surface area (Å²) < 4.78 is 0. The Hall–Kier alpha value is -0.740. The third kappa shape index (κ3) is 3.20. The summed E-state index contributed by atoms with van der Waals surface area (Å²) >= 11 is 1.57. The highest BCUT2D eigenvalue weighted by Gasteiger charge is 2.13. The van der Waals surface area contributed by atoms with E-state index >= 15 is 0 Å². The molecule has 0 bridgehead atoms. The molecule has 3 nitrogen and oxygen atoms in total. The summed E-state index contributed by atoms with van der Waals surface area (Å²) in [5.74, 6) is 0.0946. The number of nitrogens with zero attached hydrogens (tertiary/aromatic N) is 1. The third-order valence-corrected chi connectivity index (χ3v) is 2.86. The highest BCUT2D eigenvalue weighted by molar-refractivity contribution is 7.09. The van der Waals surface area contributed by atoms with Gasteiger partial charge in [-0.1, -0.05) is 13.3 Å². The molecule has 0 amide bonds. The predicted molar refractivity (Wildman–Crippen MR) is 58.4 cm³/mol. The molecule has 1 atom stereocenters. The van der Waals surface area contributed by atoms with Crippen LogP contribution in [0.15, 0.2) is 5.38 Å². The van der Waals surface area contributed by atoms with Crippen LogP contribution in [-0.4, -0.2) is 16.8 Å². The van der Waals surface area contributed by atoms with Crippen molar-refractivity contribution in [3.8, 4) is 0 Å². The van der Waals surface area contributed by atoms with E-state index in [1.165, 1.54) is 0 Å². The molecule has 4 heteroatoms. The van der Waals surface area contributed by atoms with Gasteiger partial charge in [0.2, 0.25) is 0 Å². The molecule has 1 aromatic heterocycles. The second kappa shape index (κ2) is 5.22. The van der Waals surface area contributed by atoms with Crippen LogP contribution in [0.2, 0.25) is 0 Å². The molecule has 1 aromatic rings. The maximum absolute atomic E-state index is 11.6. The Bertz CT molecular complexity index is 309. The molecule has 0 spiro atoms.